The first kappa shape index (κ1) is 16.4. The van der Waals surface area contributed by atoms with Gasteiger partial charge in [0.2, 0.25) is 5.91 Å². The van der Waals surface area contributed by atoms with Crippen LogP contribution < -0.4 is 11.1 Å². The van der Waals surface area contributed by atoms with Crippen LogP contribution in [0.25, 0.3) is 0 Å². The van der Waals surface area contributed by atoms with Crippen molar-refractivity contribution >= 4 is 17.8 Å². The molecule has 18 heavy (non-hydrogen) atoms. The Balaban J connectivity index is 3.95. The van der Waals surface area contributed by atoms with Crippen LogP contribution in [0, 0.1) is 0 Å². The quantitative estimate of drug-likeness (QED) is 0.561. The van der Waals surface area contributed by atoms with E-state index in [0.717, 1.165) is 0 Å². The van der Waals surface area contributed by atoms with Gasteiger partial charge in [-0.05, 0) is 20.8 Å². The van der Waals surface area contributed by atoms with Crippen molar-refractivity contribution in [3.05, 3.63) is 0 Å². The maximum Gasteiger partial charge on any atom is 0.325 e. The van der Waals surface area contributed by atoms with Crippen molar-refractivity contribution < 1.29 is 24.2 Å². The van der Waals surface area contributed by atoms with Crippen LogP contribution in [-0.2, 0) is 19.1 Å². The van der Waals surface area contributed by atoms with Gasteiger partial charge in [-0.25, -0.2) is 0 Å². The molecule has 7 nitrogen and oxygen atoms in total. The van der Waals surface area contributed by atoms with Crippen LogP contribution in [0.3, 0.4) is 0 Å². The molecular formula is C11H20N2O5. The fourth-order valence-electron chi connectivity index (χ4n) is 0.993. The number of nitrogens with one attached hydrogen (secondary N) is 1. The average molecular weight is 260 g/mol. The number of rotatable bonds is 6. The molecule has 0 aliphatic carbocycles. The Kier molecular flexibility index (Phi) is 6.32. The predicted molar refractivity (Wildman–Crippen MR) is 63.7 cm³/mol. The molecule has 4 N–H and O–H groups in total. The van der Waals surface area contributed by atoms with Crippen LogP contribution in [0.15, 0.2) is 0 Å². The second-order valence-corrected chi connectivity index (χ2v) is 4.84. The first-order valence-electron chi connectivity index (χ1n) is 5.59. The van der Waals surface area contributed by atoms with Crippen LogP contribution in [0.4, 0.5) is 0 Å². The second-order valence-electron chi connectivity index (χ2n) is 4.84. The van der Waals surface area contributed by atoms with Gasteiger partial charge in [-0.15, -0.1) is 0 Å². The minimum atomic E-state index is -1.05. The Labute approximate surface area is 106 Å². The predicted octanol–water partition coefficient (Wildman–Crippen LogP) is -0.364. The van der Waals surface area contributed by atoms with Crippen LogP contribution in [-0.4, -0.2) is 41.1 Å². The standard InChI is InChI=1S/C11H20N2O5/c1-11(2,3)18-10(17)7(12)6-13-8(14)4-5-9(15)16/h7H,4-6,12H2,1-3H3,(H,13,14)(H,15,16). The van der Waals surface area contributed by atoms with Gasteiger partial charge >= 0.3 is 11.9 Å². The zero-order valence-corrected chi connectivity index (χ0v) is 10.9. The van der Waals surface area contributed by atoms with E-state index in [0.29, 0.717) is 0 Å². The summed E-state index contributed by atoms with van der Waals surface area (Å²) >= 11 is 0. The van der Waals surface area contributed by atoms with Crippen LogP contribution in [0.5, 0.6) is 0 Å². The van der Waals surface area contributed by atoms with Crippen LogP contribution in [0.2, 0.25) is 0 Å². The maximum atomic E-state index is 11.4. The van der Waals surface area contributed by atoms with E-state index < -0.39 is 29.5 Å². The minimum absolute atomic E-state index is 0.0760. The van der Waals surface area contributed by atoms with Crippen LogP contribution in [0.1, 0.15) is 33.6 Å². The van der Waals surface area contributed by atoms with E-state index >= 15 is 0 Å². The third-order valence-electron chi connectivity index (χ3n) is 1.79. The molecule has 0 aromatic rings. The summed E-state index contributed by atoms with van der Waals surface area (Å²) in [6.07, 6.45) is -0.399. The molecule has 0 saturated carbocycles. The highest BCUT2D eigenvalue weighted by Crippen LogP contribution is 2.07. The van der Waals surface area contributed by atoms with Crippen molar-refractivity contribution in [1.29, 1.82) is 0 Å². The van der Waals surface area contributed by atoms with E-state index in [9.17, 15) is 14.4 Å². The number of ether oxygens (including phenoxy) is 1. The van der Waals surface area contributed by atoms with E-state index in [2.05, 4.69) is 5.32 Å². The summed E-state index contributed by atoms with van der Waals surface area (Å²) in [5.74, 6) is -2.13. The number of carbonyl (C=O) groups excluding carboxylic acids is 2. The van der Waals surface area contributed by atoms with Gasteiger partial charge < -0.3 is 20.9 Å². The highest BCUT2D eigenvalue weighted by Gasteiger charge is 2.22. The summed E-state index contributed by atoms with van der Waals surface area (Å²) < 4.78 is 5.02. The summed E-state index contributed by atoms with van der Waals surface area (Å²) in [6, 6.07) is -0.960. The number of carboxylic acids is 1. The molecule has 1 amide bonds. The van der Waals surface area contributed by atoms with Crippen molar-refractivity contribution in [3.8, 4) is 0 Å². The molecule has 0 rings (SSSR count). The number of aliphatic carboxylic acids is 1. The molecular weight excluding hydrogens is 240 g/mol. The Morgan fingerprint density at radius 3 is 2.28 bits per heavy atom. The lowest BCUT2D eigenvalue weighted by Crippen LogP contribution is -2.45. The molecule has 0 radical (unpaired) electrons. The Morgan fingerprint density at radius 2 is 1.83 bits per heavy atom. The van der Waals surface area contributed by atoms with Gasteiger partial charge in [0.05, 0.1) is 6.42 Å². The molecule has 0 fully saturated rings. The van der Waals surface area contributed by atoms with Gasteiger partial charge in [-0.3, -0.25) is 14.4 Å². The number of carboxylic acid groups (broad SMARTS) is 1. The zero-order chi connectivity index (χ0) is 14.3. The molecule has 0 aromatic carbocycles. The lowest BCUT2D eigenvalue weighted by molar-refractivity contribution is -0.156. The highest BCUT2D eigenvalue weighted by molar-refractivity contribution is 5.82. The molecule has 0 spiro atoms. The van der Waals surface area contributed by atoms with Crippen molar-refractivity contribution in [2.24, 2.45) is 5.73 Å². The fraction of sp³-hybridized carbons (Fsp3) is 0.727. The van der Waals surface area contributed by atoms with Crippen molar-refractivity contribution in [3.63, 3.8) is 0 Å². The number of hydrogen-bond donors (Lipinski definition) is 3. The number of esters is 1. The zero-order valence-electron chi connectivity index (χ0n) is 10.9. The molecule has 7 heteroatoms. The van der Waals surface area contributed by atoms with E-state index in [-0.39, 0.29) is 19.4 Å². The van der Waals surface area contributed by atoms with Gasteiger partial charge in [0.25, 0.3) is 0 Å². The second kappa shape index (κ2) is 6.95. The molecule has 0 bridgehead atoms. The number of nitrogens with two attached hydrogens (primary N) is 1. The van der Waals surface area contributed by atoms with Crippen molar-refractivity contribution in [1.82, 2.24) is 5.32 Å². The third-order valence-corrected chi connectivity index (χ3v) is 1.79. The number of amides is 1. The van der Waals surface area contributed by atoms with E-state index in [1.807, 2.05) is 0 Å². The molecule has 0 heterocycles. The molecule has 1 unspecified atom stereocenters. The summed E-state index contributed by atoms with van der Waals surface area (Å²) in [5.41, 5.74) is 4.89. The van der Waals surface area contributed by atoms with Crippen LogP contribution >= 0.6 is 0 Å². The van der Waals surface area contributed by atoms with Gasteiger partial charge in [0.1, 0.15) is 11.6 Å². The van der Waals surface area contributed by atoms with E-state index in [1.165, 1.54) is 0 Å². The fourth-order valence-corrected chi connectivity index (χ4v) is 0.993. The molecule has 1 atom stereocenters. The molecule has 0 aromatic heterocycles. The Morgan fingerprint density at radius 1 is 1.28 bits per heavy atom. The molecule has 0 aliphatic rings. The first-order chi connectivity index (χ1) is 8.11. The first-order valence-corrected chi connectivity index (χ1v) is 5.59. The SMILES string of the molecule is CC(C)(C)OC(=O)C(N)CNC(=O)CCC(=O)O. The molecule has 0 aliphatic heterocycles. The third kappa shape index (κ3) is 8.51. The Bertz CT molecular complexity index is 322. The minimum Gasteiger partial charge on any atom is -0.481 e. The summed E-state index contributed by atoms with van der Waals surface area (Å²) in [7, 11) is 0. The summed E-state index contributed by atoms with van der Waals surface area (Å²) in [4.78, 5) is 32.9. The van der Waals surface area contributed by atoms with Gasteiger partial charge in [0.15, 0.2) is 0 Å². The molecule has 0 saturated heterocycles. The number of hydrogen-bond acceptors (Lipinski definition) is 5. The van der Waals surface area contributed by atoms with Gasteiger partial charge in [0, 0.05) is 13.0 Å². The van der Waals surface area contributed by atoms with E-state index in [1.54, 1.807) is 20.8 Å². The normalized spacial score (nSPS) is 12.7. The lowest BCUT2D eigenvalue weighted by atomic mass is 10.2. The van der Waals surface area contributed by atoms with Crippen molar-refractivity contribution in [2.45, 2.75) is 45.3 Å². The van der Waals surface area contributed by atoms with Gasteiger partial charge in [-0.1, -0.05) is 0 Å². The summed E-state index contributed by atoms with van der Waals surface area (Å²) in [6.45, 7) is 5.06. The van der Waals surface area contributed by atoms with Crippen molar-refractivity contribution in [2.75, 3.05) is 6.54 Å². The Hall–Kier alpha value is -1.63. The average Bonchev–Trinajstić information content (AvgIpc) is 2.20. The van der Waals surface area contributed by atoms with E-state index in [4.69, 9.17) is 15.6 Å². The topological polar surface area (TPSA) is 119 Å². The highest BCUT2D eigenvalue weighted by atomic mass is 16.6. The smallest absolute Gasteiger partial charge is 0.325 e. The van der Waals surface area contributed by atoms with Gasteiger partial charge in [-0.2, -0.15) is 0 Å². The maximum absolute atomic E-state index is 11.4. The largest absolute Gasteiger partial charge is 0.481 e. The lowest BCUT2D eigenvalue weighted by Gasteiger charge is -2.22. The molecule has 104 valence electrons. The number of carbonyl (C=O) groups is 3. The monoisotopic (exact) mass is 260 g/mol. The summed E-state index contributed by atoms with van der Waals surface area (Å²) in [5, 5.41) is 10.8.